The van der Waals surface area contributed by atoms with Crippen LogP contribution >= 0.6 is 11.3 Å². The molecular weight excluding hydrogens is 437 g/mol. The number of hydrogen-bond acceptors (Lipinski definition) is 5. The molecular formula is C22H22FN3O3S2. The van der Waals surface area contributed by atoms with Gasteiger partial charge in [-0.25, -0.2) is 12.8 Å². The fraction of sp³-hybridized carbons (Fsp3) is 0.227. The van der Waals surface area contributed by atoms with Gasteiger partial charge in [0.15, 0.2) is 0 Å². The molecule has 3 aromatic rings. The first-order chi connectivity index (χ1) is 14.8. The van der Waals surface area contributed by atoms with Crippen LogP contribution < -0.4 is 10.2 Å². The predicted octanol–water partition coefficient (Wildman–Crippen LogP) is 3.96. The van der Waals surface area contributed by atoms with Crippen molar-refractivity contribution in [2.24, 2.45) is 0 Å². The van der Waals surface area contributed by atoms with Crippen molar-refractivity contribution < 1.29 is 17.6 Å². The van der Waals surface area contributed by atoms with Crippen LogP contribution in [0.15, 0.2) is 64.9 Å². The van der Waals surface area contributed by atoms with Gasteiger partial charge in [0.05, 0.1) is 0 Å². The highest BCUT2D eigenvalue weighted by molar-refractivity contribution is 7.89. The van der Waals surface area contributed by atoms with Crippen LogP contribution in [-0.4, -0.2) is 44.8 Å². The lowest BCUT2D eigenvalue weighted by Gasteiger charge is -2.35. The van der Waals surface area contributed by atoms with E-state index in [4.69, 9.17) is 0 Å². The lowest BCUT2D eigenvalue weighted by molar-refractivity contribution is 0.102. The fourth-order valence-electron chi connectivity index (χ4n) is 3.47. The van der Waals surface area contributed by atoms with Crippen molar-refractivity contribution in [3.8, 4) is 0 Å². The van der Waals surface area contributed by atoms with E-state index in [1.165, 1.54) is 22.5 Å². The van der Waals surface area contributed by atoms with E-state index >= 15 is 0 Å². The molecule has 0 saturated carbocycles. The highest BCUT2D eigenvalue weighted by Gasteiger charge is 2.32. The van der Waals surface area contributed by atoms with Crippen molar-refractivity contribution in [2.45, 2.75) is 11.8 Å². The summed E-state index contributed by atoms with van der Waals surface area (Å²) >= 11 is 1.11. The summed E-state index contributed by atoms with van der Waals surface area (Å²) in [5, 5.41) is 4.39. The molecule has 9 heteroatoms. The van der Waals surface area contributed by atoms with Gasteiger partial charge in [-0.05, 0) is 54.8 Å². The Labute approximate surface area is 185 Å². The summed E-state index contributed by atoms with van der Waals surface area (Å²) in [5.41, 5.74) is 2.53. The zero-order valence-corrected chi connectivity index (χ0v) is 18.5. The summed E-state index contributed by atoms with van der Waals surface area (Å²) in [4.78, 5) is 15.0. The van der Waals surface area contributed by atoms with Gasteiger partial charge in [-0.3, -0.25) is 4.79 Å². The molecule has 6 nitrogen and oxygen atoms in total. The van der Waals surface area contributed by atoms with E-state index in [2.05, 4.69) is 5.32 Å². The minimum absolute atomic E-state index is 0.0253. The monoisotopic (exact) mass is 459 g/mol. The van der Waals surface area contributed by atoms with Gasteiger partial charge < -0.3 is 10.2 Å². The third kappa shape index (κ3) is 4.63. The van der Waals surface area contributed by atoms with Crippen LogP contribution in [-0.2, 0) is 10.0 Å². The van der Waals surface area contributed by atoms with Gasteiger partial charge in [0, 0.05) is 37.6 Å². The number of nitrogens with one attached hydrogen (secondary N) is 1. The Kier molecular flexibility index (Phi) is 6.08. The standard InChI is InChI=1S/C22H22FN3O3S2/c1-16-2-6-18(7-3-16)24-22(27)21-20(10-15-30-21)31(28,29)26-13-11-25(12-14-26)19-8-4-17(23)5-9-19/h2-10,15H,11-14H2,1H3,(H,24,27). The molecule has 0 spiro atoms. The van der Waals surface area contributed by atoms with Gasteiger partial charge in [-0.2, -0.15) is 4.31 Å². The third-order valence-electron chi connectivity index (χ3n) is 5.19. The van der Waals surface area contributed by atoms with Crippen molar-refractivity contribution in [3.63, 3.8) is 0 Å². The lowest BCUT2D eigenvalue weighted by Crippen LogP contribution is -2.48. The number of aryl methyl sites for hydroxylation is 1. The lowest BCUT2D eigenvalue weighted by atomic mass is 10.2. The zero-order valence-electron chi connectivity index (χ0n) is 16.9. The van der Waals surface area contributed by atoms with Crippen LogP contribution in [0, 0.1) is 12.7 Å². The number of piperazine rings is 1. The van der Waals surface area contributed by atoms with E-state index in [0.29, 0.717) is 18.8 Å². The highest BCUT2D eigenvalue weighted by atomic mass is 32.2. The Morgan fingerprint density at radius 1 is 0.968 bits per heavy atom. The molecule has 1 saturated heterocycles. The Morgan fingerprint density at radius 2 is 1.61 bits per heavy atom. The largest absolute Gasteiger partial charge is 0.369 e. The Hall–Kier alpha value is -2.75. The van der Waals surface area contributed by atoms with E-state index in [9.17, 15) is 17.6 Å². The maximum atomic E-state index is 13.2. The number of rotatable bonds is 5. The van der Waals surface area contributed by atoms with Crippen molar-refractivity contribution in [1.82, 2.24) is 4.31 Å². The van der Waals surface area contributed by atoms with Gasteiger partial charge in [0.1, 0.15) is 15.6 Å². The summed E-state index contributed by atoms with van der Waals surface area (Å²) in [6.45, 7) is 3.49. The molecule has 1 aliphatic heterocycles. The second-order valence-corrected chi connectivity index (χ2v) is 10.1. The first kappa shape index (κ1) is 21.5. The molecule has 2 heterocycles. The van der Waals surface area contributed by atoms with Gasteiger partial charge in [-0.15, -0.1) is 11.3 Å². The summed E-state index contributed by atoms with van der Waals surface area (Å²) in [7, 11) is -3.81. The second kappa shape index (κ2) is 8.78. The number of anilines is 2. The molecule has 1 amide bonds. The van der Waals surface area contributed by atoms with Crippen molar-refractivity contribution in [2.75, 3.05) is 36.4 Å². The molecule has 162 valence electrons. The topological polar surface area (TPSA) is 69.7 Å². The molecule has 1 N–H and O–H groups in total. The number of nitrogens with zero attached hydrogens (tertiary/aromatic N) is 2. The maximum absolute atomic E-state index is 13.2. The molecule has 0 unspecified atom stereocenters. The zero-order chi connectivity index (χ0) is 22.0. The molecule has 4 rings (SSSR count). The molecule has 2 aromatic carbocycles. The molecule has 0 radical (unpaired) electrons. The number of carbonyl (C=O) groups is 1. The van der Waals surface area contributed by atoms with Gasteiger partial charge in [0.25, 0.3) is 5.91 Å². The smallest absolute Gasteiger partial charge is 0.267 e. The Morgan fingerprint density at radius 3 is 2.26 bits per heavy atom. The van der Waals surface area contributed by atoms with Gasteiger partial charge in [0.2, 0.25) is 10.0 Å². The molecule has 1 aromatic heterocycles. The Bertz CT molecular complexity index is 1170. The quantitative estimate of drug-likeness (QED) is 0.627. The van der Waals surface area contributed by atoms with Crippen molar-refractivity contribution >= 4 is 38.6 Å². The number of thiophene rings is 1. The fourth-order valence-corrected chi connectivity index (χ4v) is 6.19. The van der Waals surface area contributed by atoms with E-state index in [1.807, 2.05) is 24.0 Å². The number of amides is 1. The summed E-state index contributed by atoms with van der Waals surface area (Å²) in [6.07, 6.45) is 0. The molecule has 0 bridgehead atoms. The van der Waals surface area contributed by atoms with Crippen LogP contribution in [0.25, 0.3) is 0 Å². The van der Waals surface area contributed by atoms with Crippen LogP contribution in [0.4, 0.5) is 15.8 Å². The number of hydrogen-bond donors (Lipinski definition) is 1. The average molecular weight is 460 g/mol. The van der Waals surface area contributed by atoms with E-state index in [-0.39, 0.29) is 28.7 Å². The molecule has 0 aliphatic carbocycles. The van der Waals surface area contributed by atoms with Gasteiger partial charge in [-0.1, -0.05) is 17.7 Å². The number of sulfonamides is 1. The van der Waals surface area contributed by atoms with Crippen molar-refractivity contribution in [1.29, 1.82) is 0 Å². The number of benzene rings is 2. The molecule has 1 aliphatic rings. The Balaban J connectivity index is 1.47. The summed E-state index contributed by atoms with van der Waals surface area (Å²) < 4.78 is 41.0. The van der Waals surface area contributed by atoms with Crippen LogP contribution in [0.1, 0.15) is 15.2 Å². The van der Waals surface area contributed by atoms with Crippen molar-refractivity contribution in [3.05, 3.63) is 76.2 Å². The molecule has 31 heavy (non-hydrogen) atoms. The normalized spacial score (nSPS) is 15.1. The third-order valence-corrected chi connectivity index (χ3v) is 8.18. The minimum Gasteiger partial charge on any atom is -0.369 e. The highest BCUT2D eigenvalue weighted by Crippen LogP contribution is 2.28. The summed E-state index contributed by atoms with van der Waals surface area (Å²) in [5.74, 6) is -0.749. The van der Waals surface area contributed by atoms with E-state index < -0.39 is 15.9 Å². The predicted molar refractivity (Wildman–Crippen MR) is 121 cm³/mol. The molecule has 0 atom stereocenters. The maximum Gasteiger partial charge on any atom is 0.267 e. The summed E-state index contributed by atoms with van der Waals surface area (Å²) in [6, 6.07) is 15.0. The minimum atomic E-state index is -3.81. The first-order valence-electron chi connectivity index (χ1n) is 9.81. The van der Waals surface area contributed by atoms with E-state index in [1.54, 1.807) is 29.6 Å². The van der Waals surface area contributed by atoms with Crippen LogP contribution in [0.2, 0.25) is 0 Å². The second-order valence-electron chi connectivity index (χ2n) is 7.30. The SMILES string of the molecule is Cc1ccc(NC(=O)c2sccc2S(=O)(=O)N2CCN(c3ccc(F)cc3)CC2)cc1. The van der Waals surface area contributed by atoms with Gasteiger partial charge >= 0.3 is 0 Å². The number of carbonyl (C=O) groups excluding carboxylic acids is 1. The first-order valence-corrected chi connectivity index (χ1v) is 12.1. The van der Waals surface area contributed by atoms with Crippen LogP contribution in [0.3, 0.4) is 0 Å². The molecule has 1 fully saturated rings. The average Bonchev–Trinajstić information content (AvgIpc) is 3.27. The van der Waals surface area contributed by atoms with Crippen LogP contribution in [0.5, 0.6) is 0 Å². The van der Waals surface area contributed by atoms with E-state index in [0.717, 1.165) is 22.6 Å². The number of halogens is 1.